The lowest BCUT2D eigenvalue weighted by atomic mass is 10.1. The summed E-state index contributed by atoms with van der Waals surface area (Å²) in [6.07, 6.45) is 5.70. The van der Waals surface area contributed by atoms with Gasteiger partial charge in [-0.3, -0.25) is 4.79 Å². The Balaban J connectivity index is 1.89. The van der Waals surface area contributed by atoms with Crippen LogP contribution in [0.5, 0.6) is 0 Å². The van der Waals surface area contributed by atoms with Crippen LogP contribution in [-0.2, 0) is 33.5 Å². The van der Waals surface area contributed by atoms with Gasteiger partial charge in [0.25, 0.3) is 0 Å². The lowest BCUT2D eigenvalue weighted by Gasteiger charge is -2.25. The van der Waals surface area contributed by atoms with Crippen molar-refractivity contribution in [1.29, 1.82) is 0 Å². The number of hydrogen-bond donors (Lipinski definition) is 0. The first-order chi connectivity index (χ1) is 14.7. The van der Waals surface area contributed by atoms with Gasteiger partial charge in [0.2, 0.25) is 20.9 Å². The fourth-order valence-electron chi connectivity index (χ4n) is 4.21. The number of hydrogen-bond acceptors (Lipinski definition) is 4. The molecular weight excluding hydrogens is 434 g/mol. The number of imidazole rings is 1. The molecule has 0 N–H and O–H groups in total. The van der Waals surface area contributed by atoms with Crippen LogP contribution < -0.4 is 0 Å². The zero-order valence-corrected chi connectivity index (χ0v) is 20.1. The van der Waals surface area contributed by atoms with E-state index in [9.17, 15) is 13.2 Å². The average Bonchev–Trinajstić information content (AvgIpc) is 3.35. The molecule has 1 aliphatic rings. The standard InChI is InChI=1S/C23H32ClN3O3S/c1-4-26(22(28)19-9-5-6-10-19)15-21-13-25-23(27(21)14-17(2)3)31(29,30)16-18-8-7-11-20(24)12-18/h7-8,11-13,17,19H,4-6,9-10,14-16H2,1-3H3. The fraction of sp³-hybridized carbons (Fsp3) is 0.565. The van der Waals surface area contributed by atoms with Crippen LogP contribution in [-0.4, -0.2) is 35.3 Å². The largest absolute Gasteiger partial charge is 0.337 e. The monoisotopic (exact) mass is 465 g/mol. The van der Waals surface area contributed by atoms with Gasteiger partial charge in [-0.2, -0.15) is 0 Å². The number of nitrogens with zero attached hydrogens (tertiary/aromatic N) is 3. The molecule has 1 aliphatic carbocycles. The lowest BCUT2D eigenvalue weighted by molar-refractivity contribution is -0.135. The van der Waals surface area contributed by atoms with E-state index in [1.54, 1.807) is 35.0 Å². The Morgan fingerprint density at radius 3 is 2.61 bits per heavy atom. The van der Waals surface area contributed by atoms with Crippen LogP contribution in [0.3, 0.4) is 0 Å². The summed E-state index contributed by atoms with van der Waals surface area (Å²) in [5.74, 6) is 0.322. The second kappa shape index (κ2) is 10.2. The van der Waals surface area contributed by atoms with Crippen molar-refractivity contribution in [2.24, 2.45) is 11.8 Å². The molecule has 0 saturated heterocycles. The van der Waals surface area contributed by atoms with Crippen LogP contribution in [0.4, 0.5) is 0 Å². The second-order valence-electron chi connectivity index (χ2n) is 8.76. The van der Waals surface area contributed by atoms with Gasteiger partial charge in [-0.05, 0) is 43.4 Å². The topological polar surface area (TPSA) is 72.3 Å². The van der Waals surface area contributed by atoms with Gasteiger partial charge >= 0.3 is 0 Å². The highest BCUT2D eigenvalue weighted by Crippen LogP contribution is 2.28. The van der Waals surface area contributed by atoms with Crippen LogP contribution in [0, 0.1) is 11.8 Å². The molecule has 6 nitrogen and oxygen atoms in total. The van der Waals surface area contributed by atoms with Crippen molar-refractivity contribution in [3.05, 3.63) is 46.7 Å². The Kier molecular flexibility index (Phi) is 7.81. The molecule has 0 radical (unpaired) electrons. The average molecular weight is 466 g/mol. The van der Waals surface area contributed by atoms with E-state index in [0.717, 1.165) is 31.4 Å². The zero-order chi connectivity index (χ0) is 22.6. The molecule has 1 amide bonds. The number of sulfone groups is 1. The molecule has 1 heterocycles. The van der Waals surface area contributed by atoms with E-state index in [2.05, 4.69) is 4.98 Å². The summed E-state index contributed by atoms with van der Waals surface area (Å²) < 4.78 is 28.2. The highest BCUT2D eigenvalue weighted by atomic mass is 35.5. The summed E-state index contributed by atoms with van der Waals surface area (Å²) in [5, 5.41) is 0.559. The van der Waals surface area contributed by atoms with Crippen molar-refractivity contribution in [3.63, 3.8) is 0 Å². The Labute approximate surface area is 190 Å². The Morgan fingerprint density at radius 2 is 2.00 bits per heavy atom. The molecule has 0 aliphatic heterocycles. The maximum atomic E-state index is 13.2. The van der Waals surface area contributed by atoms with Gasteiger partial charge in [-0.15, -0.1) is 0 Å². The minimum Gasteiger partial charge on any atom is -0.337 e. The third kappa shape index (κ3) is 5.89. The van der Waals surface area contributed by atoms with E-state index < -0.39 is 9.84 Å². The summed E-state index contributed by atoms with van der Waals surface area (Å²) in [4.78, 5) is 19.1. The molecule has 0 spiro atoms. The molecule has 1 fully saturated rings. The van der Waals surface area contributed by atoms with Crippen LogP contribution in [0.1, 0.15) is 57.7 Å². The third-order valence-corrected chi connectivity index (χ3v) is 7.55. The SMILES string of the molecule is CCN(Cc1cnc(S(=O)(=O)Cc2cccc(Cl)c2)n1CC(C)C)C(=O)C1CCCC1. The molecule has 1 aromatic carbocycles. The van der Waals surface area contributed by atoms with Gasteiger partial charge in [-0.25, -0.2) is 13.4 Å². The maximum Gasteiger partial charge on any atom is 0.228 e. The van der Waals surface area contributed by atoms with E-state index in [-0.39, 0.29) is 28.7 Å². The summed E-state index contributed by atoms with van der Waals surface area (Å²) in [5.41, 5.74) is 1.38. The molecule has 1 aromatic heterocycles. The Morgan fingerprint density at radius 1 is 1.29 bits per heavy atom. The smallest absolute Gasteiger partial charge is 0.228 e. The summed E-state index contributed by atoms with van der Waals surface area (Å²) in [6.45, 7) is 7.53. The van der Waals surface area contributed by atoms with Crippen molar-refractivity contribution in [3.8, 4) is 0 Å². The molecule has 3 rings (SSSR count). The minimum atomic E-state index is -3.67. The van der Waals surface area contributed by atoms with Crippen LogP contribution >= 0.6 is 11.6 Å². The van der Waals surface area contributed by atoms with Crippen molar-refractivity contribution in [2.45, 2.75) is 70.5 Å². The molecule has 31 heavy (non-hydrogen) atoms. The van der Waals surface area contributed by atoms with Gasteiger partial charge < -0.3 is 9.47 Å². The fourth-order valence-corrected chi connectivity index (χ4v) is 5.91. The number of benzene rings is 1. The van der Waals surface area contributed by atoms with Gasteiger partial charge in [0.05, 0.1) is 24.2 Å². The normalized spacial score (nSPS) is 15.0. The molecule has 170 valence electrons. The lowest BCUT2D eigenvalue weighted by Crippen LogP contribution is -2.35. The molecular formula is C23H32ClN3O3S. The van der Waals surface area contributed by atoms with Crippen LogP contribution in [0.25, 0.3) is 0 Å². The van der Waals surface area contributed by atoms with Crippen LogP contribution in [0.15, 0.2) is 35.6 Å². The molecule has 0 bridgehead atoms. The van der Waals surface area contributed by atoms with E-state index in [1.165, 1.54) is 0 Å². The summed E-state index contributed by atoms with van der Waals surface area (Å²) in [6, 6.07) is 6.87. The van der Waals surface area contributed by atoms with E-state index in [0.29, 0.717) is 30.2 Å². The minimum absolute atomic E-state index is 0.0561. The van der Waals surface area contributed by atoms with Gasteiger partial charge in [-0.1, -0.05) is 50.4 Å². The number of carbonyl (C=O) groups excluding carboxylic acids is 1. The number of rotatable bonds is 9. The first-order valence-electron chi connectivity index (χ1n) is 11.0. The molecule has 8 heteroatoms. The highest BCUT2D eigenvalue weighted by Gasteiger charge is 2.29. The Hall–Kier alpha value is -1.86. The first kappa shape index (κ1) is 23.8. The van der Waals surface area contributed by atoms with Crippen molar-refractivity contribution < 1.29 is 13.2 Å². The number of amides is 1. The molecule has 1 saturated carbocycles. The van der Waals surface area contributed by atoms with Gasteiger partial charge in [0.15, 0.2) is 0 Å². The van der Waals surface area contributed by atoms with Crippen molar-refractivity contribution >= 4 is 27.3 Å². The predicted octanol–water partition coefficient (Wildman–Crippen LogP) is 4.71. The van der Waals surface area contributed by atoms with Crippen LogP contribution in [0.2, 0.25) is 5.02 Å². The number of aromatic nitrogens is 2. The predicted molar refractivity (Wildman–Crippen MR) is 122 cm³/mol. The Bertz CT molecular complexity index is 1010. The van der Waals surface area contributed by atoms with Crippen molar-refractivity contribution in [1.82, 2.24) is 14.5 Å². The molecule has 0 unspecified atom stereocenters. The number of carbonyl (C=O) groups is 1. The maximum absolute atomic E-state index is 13.2. The summed E-state index contributed by atoms with van der Waals surface area (Å²) in [7, 11) is -3.67. The third-order valence-electron chi connectivity index (χ3n) is 5.72. The van der Waals surface area contributed by atoms with Crippen molar-refractivity contribution in [2.75, 3.05) is 6.54 Å². The zero-order valence-electron chi connectivity index (χ0n) is 18.6. The first-order valence-corrected chi connectivity index (χ1v) is 13.0. The van der Waals surface area contributed by atoms with Gasteiger partial charge in [0, 0.05) is 24.0 Å². The highest BCUT2D eigenvalue weighted by molar-refractivity contribution is 7.90. The van der Waals surface area contributed by atoms with E-state index in [4.69, 9.17) is 11.6 Å². The van der Waals surface area contributed by atoms with Gasteiger partial charge in [0.1, 0.15) is 0 Å². The molecule has 2 aromatic rings. The van der Waals surface area contributed by atoms with E-state index in [1.807, 2.05) is 25.7 Å². The second-order valence-corrected chi connectivity index (χ2v) is 11.1. The quantitative estimate of drug-likeness (QED) is 0.537. The molecule has 0 atom stereocenters. The summed E-state index contributed by atoms with van der Waals surface area (Å²) >= 11 is 6.03. The number of halogens is 1. The van der Waals surface area contributed by atoms with E-state index >= 15 is 0 Å².